The van der Waals surface area contributed by atoms with Crippen molar-refractivity contribution in [2.24, 2.45) is 5.92 Å². The molecule has 7 heteroatoms. The van der Waals surface area contributed by atoms with Crippen LogP contribution < -0.4 is 10.6 Å². The van der Waals surface area contributed by atoms with Crippen LogP contribution in [0.5, 0.6) is 0 Å². The van der Waals surface area contributed by atoms with E-state index in [1.165, 1.54) is 22.3 Å². The number of carboxylic acid groups (broad SMARTS) is 1. The monoisotopic (exact) mass is 450 g/mol. The second-order valence-corrected chi connectivity index (χ2v) is 8.82. The highest BCUT2D eigenvalue weighted by atomic mass is 16.5. The molecule has 4 rings (SSSR count). The smallest absolute Gasteiger partial charge is 0.407 e. The van der Waals surface area contributed by atoms with Crippen molar-refractivity contribution in [2.45, 2.75) is 50.5 Å². The standard InChI is InChI=1S/C26H30N2O5/c29-24(30)11-5-6-14-27-25(31)17-12-13-18(15-17)28-26(32)33-16-23-21-9-3-1-7-19(21)20-8-2-4-10-22(20)23/h1-4,7-10,17-18,23H,5-6,11-16H2,(H,27,31)(H,28,32)(H,29,30)/t17-,18+/m0/s1. The topological polar surface area (TPSA) is 105 Å². The van der Waals surface area contributed by atoms with E-state index in [2.05, 4.69) is 34.9 Å². The Morgan fingerprint density at radius 1 is 0.939 bits per heavy atom. The minimum absolute atomic E-state index is 0.0198. The number of carbonyl (C=O) groups is 3. The van der Waals surface area contributed by atoms with E-state index in [-0.39, 0.29) is 36.8 Å². The molecule has 2 amide bonds. The number of carbonyl (C=O) groups excluding carboxylic acids is 2. The minimum Gasteiger partial charge on any atom is -0.481 e. The van der Waals surface area contributed by atoms with Gasteiger partial charge in [-0.2, -0.15) is 0 Å². The van der Waals surface area contributed by atoms with Gasteiger partial charge in [0.2, 0.25) is 5.91 Å². The number of fused-ring (bicyclic) bond motifs is 3. The first kappa shape index (κ1) is 22.8. The van der Waals surface area contributed by atoms with Crippen molar-refractivity contribution in [1.29, 1.82) is 0 Å². The van der Waals surface area contributed by atoms with E-state index in [4.69, 9.17) is 9.84 Å². The Hall–Kier alpha value is -3.35. The summed E-state index contributed by atoms with van der Waals surface area (Å²) in [4.78, 5) is 35.3. The average molecular weight is 451 g/mol. The molecule has 0 bridgehead atoms. The Bertz CT molecular complexity index is 976. The molecular weight excluding hydrogens is 420 g/mol. The van der Waals surface area contributed by atoms with E-state index in [9.17, 15) is 14.4 Å². The van der Waals surface area contributed by atoms with Gasteiger partial charge in [0.25, 0.3) is 0 Å². The largest absolute Gasteiger partial charge is 0.481 e. The molecular formula is C26H30N2O5. The summed E-state index contributed by atoms with van der Waals surface area (Å²) in [6, 6.07) is 16.4. The summed E-state index contributed by atoms with van der Waals surface area (Å²) in [5, 5.41) is 14.4. The maximum Gasteiger partial charge on any atom is 0.407 e. The summed E-state index contributed by atoms with van der Waals surface area (Å²) >= 11 is 0. The number of carboxylic acids is 1. The van der Waals surface area contributed by atoms with Crippen molar-refractivity contribution in [3.8, 4) is 11.1 Å². The van der Waals surface area contributed by atoms with Crippen LogP contribution >= 0.6 is 0 Å². The summed E-state index contributed by atoms with van der Waals surface area (Å²) in [6.07, 6.45) is 2.91. The zero-order chi connectivity index (χ0) is 23.2. The van der Waals surface area contributed by atoms with Gasteiger partial charge in [-0.25, -0.2) is 4.79 Å². The lowest BCUT2D eigenvalue weighted by Crippen LogP contribution is -2.36. The number of nitrogens with one attached hydrogen (secondary N) is 2. The first-order valence-electron chi connectivity index (χ1n) is 11.6. The maximum atomic E-state index is 12.5. The molecule has 0 unspecified atom stereocenters. The third-order valence-electron chi connectivity index (χ3n) is 6.59. The molecule has 2 aliphatic rings. The first-order chi connectivity index (χ1) is 16.0. The van der Waals surface area contributed by atoms with Gasteiger partial charge >= 0.3 is 12.1 Å². The van der Waals surface area contributed by atoms with E-state index in [1.54, 1.807) is 0 Å². The third-order valence-corrected chi connectivity index (χ3v) is 6.59. The lowest BCUT2D eigenvalue weighted by atomic mass is 9.98. The van der Waals surface area contributed by atoms with Crippen molar-refractivity contribution < 1.29 is 24.2 Å². The van der Waals surface area contributed by atoms with Gasteiger partial charge in [0.05, 0.1) is 0 Å². The predicted molar refractivity (Wildman–Crippen MR) is 124 cm³/mol. The lowest BCUT2D eigenvalue weighted by molar-refractivity contribution is -0.137. The quantitative estimate of drug-likeness (QED) is 0.500. The van der Waals surface area contributed by atoms with E-state index >= 15 is 0 Å². The van der Waals surface area contributed by atoms with Gasteiger partial charge in [-0.3, -0.25) is 9.59 Å². The molecule has 0 aromatic heterocycles. The number of alkyl carbamates (subject to hydrolysis) is 1. The van der Waals surface area contributed by atoms with Crippen LogP contribution in [0.1, 0.15) is 55.6 Å². The molecule has 2 aromatic rings. The van der Waals surface area contributed by atoms with Crippen LogP contribution in [0.3, 0.4) is 0 Å². The average Bonchev–Trinajstić information content (AvgIpc) is 3.40. The van der Waals surface area contributed by atoms with Crippen molar-refractivity contribution in [3.05, 3.63) is 59.7 Å². The summed E-state index contributed by atoms with van der Waals surface area (Å²) in [7, 11) is 0. The Balaban J connectivity index is 1.22. The number of hydrogen-bond acceptors (Lipinski definition) is 4. The highest BCUT2D eigenvalue weighted by Crippen LogP contribution is 2.44. The fourth-order valence-corrected chi connectivity index (χ4v) is 4.91. The zero-order valence-corrected chi connectivity index (χ0v) is 18.6. The lowest BCUT2D eigenvalue weighted by Gasteiger charge is -2.17. The molecule has 7 nitrogen and oxygen atoms in total. The maximum absolute atomic E-state index is 12.5. The zero-order valence-electron chi connectivity index (χ0n) is 18.6. The number of rotatable bonds is 9. The molecule has 0 spiro atoms. The number of ether oxygens (including phenoxy) is 1. The molecule has 1 saturated carbocycles. The van der Waals surface area contributed by atoms with Crippen molar-refractivity contribution in [1.82, 2.24) is 10.6 Å². The van der Waals surface area contributed by atoms with Crippen LogP contribution in [0.25, 0.3) is 11.1 Å². The van der Waals surface area contributed by atoms with Crippen LogP contribution in [0.2, 0.25) is 0 Å². The molecule has 174 valence electrons. The number of unbranched alkanes of at least 4 members (excludes halogenated alkanes) is 1. The van der Waals surface area contributed by atoms with Gasteiger partial charge in [0, 0.05) is 30.8 Å². The summed E-state index contributed by atoms with van der Waals surface area (Å²) in [6.45, 7) is 0.750. The van der Waals surface area contributed by atoms with Gasteiger partial charge in [-0.05, 0) is 54.4 Å². The summed E-state index contributed by atoms with van der Waals surface area (Å²) < 4.78 is 5.61. The molecule has 2 aromatic carbocycles. The van der Waals surface area contributed by atoms with Crippen LogP contribution in [0.4, 0.5) is 4.79 Å². The normalized spacial score (nSPS) is 18.9. The molecule has 2 atom stereocenters. The highest BCUT2D eigenvalue weighted by molar-refractivity contribution is 5.80. The molecule has 1 fully saturated rings. The summed E-state index contributed by atoms with van der Waals surface area (Å²) in [5.74, 6) is -0.962. The van der Waals surface area contributed by atoms with E-state index < -0.39 is 12.1 Å². The third kappa shape index (κ3) is 5.53. The molecule has 2 aliphatic carbocycles. The molecule has 0 aliphatic heterocycles. The molecule has 0 saturated heterocycles. The minimum atomic E-state index is -0.820. The second kappa shape index (κ2) is 10.5. The Kier molecular flexibility index (Phi) is 7.27. The Morgan fingerprint density at radius 3 is 2.27 bits per heavy atom. The molecule has 0 heterocycles. The van der Waals surface area contributed by atoms with E-state index in [0.29, 0.717) is 25.8 Å². The van der Waals surface area contributed by atoms with E-state index in [0.717, 1.165) is 12.8 Å². The number of hydrogen-bond donors (Lipinski definition) is 3. The van der Waals surface area contributed by atoms with Gasteiger partial charge in [-0.1, -0.05) is 48.5 Å². The molecule has 0 radical (unpaired) electrons. The highest BCUT2D eigenvalue weighted by Gasteiger charge is 2.32. The van der Waals surface area contributed by atoms with Gasteiger partial charge < -0.3 is 20.5 Å². The SMILES string of the molecule is O=C(O)CCCCNC(=O)[C@H]1CC[C@@H](NC(=O)OCC2c3ccccc3-c3ccccc32)C1. The van der Waals surface area contributed by atoms with Crippen molar-refractivity contribution in [2.75, 3.05) is 13.2 Å². The van der Waals surface area contributed by atoms with Crippen molar-refractivity contribution >= 4 is 18.0 Å². The van der Waals surface area contributed by atoms with Crippen LogP contribution in [0, 0.1) is 5.92 Å². The Labute approximate surface area is 193 Å². The van der Waals surface area contributed by atoms with E-state index in [1.807, 2.05) is 24.3 Å². The van der Waals surface area contributed by atoms with Gasteiger partial charge in [0.15, 0.2) is 0 Å². The summed E-state index contributed by atoms with van der Waals surface area (Å²) in [5.41, 5.74) is 4.73. The number of benzene rings is 2. The molecule has 33 heavy (non-hydrogen) atoms. The van der Waals surface area contributed by atoms with Crippen LogP contribution in [-0.4, -0.2) is 42.3 Å². The Morgan fingerprint density at radius 2 is 1.61 bits per heavy atom. The number of amides is 2. The number of aliphatic carboxylic acids is 1. The fourth-order valence-electron chi connectivity index (χ4n) is 4.91. The van der Waals surface area contributed by atoms with Crippen LogP contribution in [0.15, 0.2) is 48.5 Å². The predicted octanol–water partition coefficient (Wildman–Crippen LogP) is 4.06. The molecule has 3 N–H and O–H groups in total. The first-order valence-corrected chi connectivity index (χ1v) is 11.6. The van der Waals surface area contributed by atoms with Gasteiger partial charge in [-0.15, -0.1) is 0 Å². The second-order valence-electron chi connectivity index (χ2n) is 8.82. The van der Waals surface area contributed by atoms with Crippen molar-refractivity contribution in [3.63, 3.8) is 0 Å². The van der Waals surface area contributed by atoms with Gasteiger partial charge in [0.1, 0.15) is 6.61 Å². The fraction of sp³-hybridized carbons (Fsp3) is 0.423. The van der Waals surface area contributed by atoms with Crippen LogP contribution in [-0.2, 0) is 14.3 Å².